The van der Waals surface area contributed by atoms with E-state index in [0.717, 1.165) is 5.65 Å². The van der Waals surface area contributed by atoms with Gasteiger partial charge in [-0.25, -0.2) is 4.52 Å². The van der Waals surface area contributed by atoms with Gasteiger partial charge in [-0.15, -0.1) is 5.10 Å². The standard InChI is InChI=1S/C10H14N4O/c1-8(15-2)7-11-10-12-9-5-3-4-6-14(9)13-10/h3-6,8H,7H2,1-2H3,(H,11,13). The molecule has 5 nitrogen and oxygen atoms in total. The molecule has 80 valence electrons. The lowest BCUT2D eigenvalue weighted by Crippen LogP contribution is -2.18. The number of nitrogens with zero attached hydrogens (tertiary/aromatic N) is 3. The molecule has 2 aromatic rings. The first-order valence-corrected chi connectivity index (χ1v) is 4.87. The number of rotatable bonds is 4. The second-order valence-electron chi connectivity index (χ2n) is 3.37. The summed E-state index contributed by atoms with van der Waals surface area (Å²) in [6.45, 7) is 2.69. The summed E-state index contributed by atoms with van der Waals surface area (Å²) in [6.07, 6.45) is 2.02. The number of nitrogens with one attached hydrogen (secondary N) is 1. The third kappa shape index (κ3) is 2.24. The highest BCUT2D eigenvalue weighted by Gasteiger charge is 2.03. The van der Waals surface area contributed by atoms with Crippen molar-refractivity contribution in [3.63, 3.8) is 0 Å². The molecule has 0 fully saturated rings. The van der Waals surface area contributed by atoms with Gasteiger partial charge in [0.2, 0.25) is 5.95 Å². The number of aromatic nitrogens is 3. The van der Waals surface area contributed by atoms with E-state index < -0.39 is 0 Å². The monoisotopic (exact) mass is 206 g/mol. The van der Waals surface area contributed by atoms with Gasteiger partial charge in [-0.2, -0.15) is 4.98 Å². The minimum atomic E-state index is 0.150. The van der Waals surface area contributed by atoms with Crippen LogP contribution < -0.4 is 5.32 Å². The zero-order chi connectivity index (χ0) is 10.7. The van der Waals surface area contributed by atoms with E-state index in [1.165, 1.54) is 0 Å². The van der Waals surface area contributed by atoms with Crippen molar-refractivity contribution in [1.29, 1.82) is 0 Å². The molecule has 2 heterocycles. The molecule has 0 bridgehead atoms. The second kappa shape index (κ2) is 4.27. The molecule has 0 aliphatic rings. The Hall–Kier alpha value is -1.62. The molecule has 0 saturated heterocycles. The number of hydrogen-bond donors (Lipinski definition) is 1. The van der Waals surface area contributed by atoms with Crippen LogP contribution in [-0.4, -0.2) is 34.4 Å². The minimum Gasteiger partial charge on any atom is -0.380 e. The van der Waals surface area contributed by atoms with Gasteiger partial charge in [0.05, 0.1) is 6.10 Å². The van der Waals surface area contributed by atoms with Crippen LogP contribution in [0.5, 0.6) is 0 Å². The highest BCUT2D eigenvalue weighted by atomic mass is 16.5. The largest absolute Gasteiger partial charge is 0.380 e. The quantitative estimate of drug-likeness (QED) is 0.816. The number of pyridine rings is 1. The van der Waals surface area contributed by atoms with E-state index in [1.807, 2.05) is 31.3 Å². The summed E-state index contributed by atoms with van der Waals surface area (Å²) in [5.74, 6) is 0.630. The summed E-state index contributed by atoms with van der Waals surface area (Å²) in [6, 6.07) is 5.77. The minimum absolute atomic E-state index is 0.150. The van der Waals surface area contributed by atoms with E-state index in [1.54, 1.807) is 11.6 Å². The van der Waals surface area contributed by atoms with Crippen molar-refractivity contribution in [2.45, 2.75) is 13.0 Å². The zero-order valence-electron chi connectivity index (χ0n) is 8.84. The summed E-state index contributed by atoms with van der Waals surface area (Å²) in [7, 11) is 1.68. The predicted octanol–water partition coefficient (Wildman–Crippen LogP) is 1.18. The Bertz CT molecular complexity index is 407. The van der Waals surface area contributed by atoms with Gasteiger partial charge in [0.25, 0.3) is 0 Å². The van der Waals surface area contributed by atoms with Crippen molar-refractivity contribution < 1.29 is 4.74 Å². The summed E-state index contributed by atoms with van der Waals surface area (Å²) in [5.41, 5.74) is 0.838. The van der Waals surface area contributed by atoms with Crippen molar-refractivity contribution in [3.05, 3.63) is 24.4 Å². The van der Waals surface area contributed by atoms with E-state index in [4.69, 9.17) is 4.74 Å². The Labute approximate surface area is 88.1 Å². The molecule has 1 atom stereocenters. The molecule has 0 aliphatic heterocycles. The fourth-order valence-electron chi connectivity index (χ4n) is 1.22. The first kappa shape index (κ1) is 9.92. The zero-order valence-corrected chi connectivity index (χ0v) is 8.84. The van der Waals surface area contributed by atoms with Gasteiger partial charge >= 0.3 is 0 Å². The summed E-state index contributed by atoms with van der Waals surface area (Å²) < 4.78 is 6.86. The molecule has 2 aromatic heterocycles. The average molecular weight is 206 g/mol. The van der Waals surface area contributed by atoms with Gasteiger partial charge in [0.1, 0.15) is 0 Å². The van der Waals surface area contributed by atoms with Crippen molar-refractivity contribution >= 4 is 11.6 Å². The third-order valence-corrected chi connectivity index (χ3v) is 2.19. The molecule has 0 saturated carbocycles. The van der Waals surface area contributed by atoms with Crippen molar-refractivity contribution in [1.82, 2.24) is 14.6 Å². The van der Waals surface area contributed by atoms with Crippen LogP contribution in [0.15, 0.2) is 24.4 Å². The smallest absolute Gasteiger partial charge is 0.243 e. The Balaban J connectivity index is 2.09. The molecule has 1 N–H and O–H groups in total. The third-order valence-electron chi connectivity index (χ3n) is 2.19. The van der Waals surface area contributed by atoms with Crippen LogP contribution in [0.2, 0.25) is 0 Å². The van der Waals surface area contributed by atoms with Gasteiger partial charge in [-0.1, -0.05) is 6.07 Å². The fraction of sp³-hybridized carbons (Fsp3) is 0.400. The van der Waals surface area contributed by atoms with E-state index >= 15 is 0 Å². The molecule has 0 amide bonds. The van der Waals surface area contributed by atoms with Gasteiger partial charge in [0.15, 0.2) is 5.65 Å². The Morgan fingerprint density at radius 3 is 3.13 bits per heavy atom. The Kier molecular flexibility index (Phi) is 2.82. The number of anilines is 1. The second-order valence-corrected chi connectivity index (χ2v) is 3.37. The summed E-state index contributed by atoms with van der Waals surface area (Å²) in [5, 5.41) is 7.37. The maximum Gasteiger partial charge on any atom is 0.243 e. The van der Waals surface area contributed by atoms with Crippen molar-refractivity contribution in [2.75, 3.05) is 19.0 Å². The molecular weight excluding hydrogens is 192 g/mol. The molecule has 0 radical (unpaired) electrons. The van der Waals surface area contributed by atoms with E-state index in [9.17, 15) is 0 Å². The molecule has 2 rings (SSSR count). The normalized spacial score (nSPS) is 12.9. The SMILES string of the molecule is COC(C)CNc1nc2ccccn2n1. The van der Waals surface area contributed by atoms with Crippen molar-refractivity contribution in [3.8, 4) is 0 Å². The molecule has 15 heavy (non-hydrogen) atoms. The van der Waals surface area contributed by atoms with Gasteiger partial charge < -0.3 is 10.1 Å². The highest BCUT2D eigenvalue weighted by molar-refractivity contribution is 5.42. The van der Waals surface area contributed by atoms with E-state index in [0.29, 0.717) is 12.5 Å². The Morgan fingerprint density at radius 2 is 2.40 bits per heavy atom. The van der Waals surface area contributed by atoms with E-state index in [-0.39, 0.29) is 6.10 Å². The first-order valence-electron chi connectivity index (χ1n) is 4.87. The highest BCUT2D eigenvalue weighted by Crippen LogP contribution is 2.04. The number of fused-ring (bicyclic) bond motifs is 1. The maximum absolute atomic E-state index is 5.12. The number of ether oxygens (including phenoxy) is 1. The molecule has 5 heteroatoms. The van der Waals surface area contributed by atoms with E-state index in [2.05, 4.69) is 15.4 Å². The Morgan fingerprint density at radius 1 is 1.53 bits per heavy atom. The molecule has 1 unspecified atom stereocenters. The number of methoxy groups -OCH3 is 1. The summed E-state index contributed by atoms with van der Waals surface area (Å²) >= 11 is 0. The van der Waals surface area contributed by atoms with Crippen LogP contribution in [0, 0.1) is 0 Å². The van der Waals surface area contributed by atoms with Gasteiger partial charge in [-0.05, 0) is 19.1 Å². The topological polar surface area (TPSA) is 51.5 Å². The first-order chi connectivity index (χ1) is 7.29. The lowest BCUT2D eigenvalue weighted by Gasteiger charge is -2.08. The predicted molar refractivity (Wildman–Crippen MR) is 57.9 cm³/mol. The lowest BCUT2D eigenvalue weighted by molar-refractivity contribution is 0.128. The van der Waals surface area contributed by atoms with Crippen LogP contribution in [-0.2, 0) is 4.74 Å². The molecule has 0 spiro atoms. The molecular formula is C10H14N4O. The van der Waals surface area contributed by atoms with Crippen LogP contribution >= 0.6 is 0 Å². The van der Waals surface area contributed by atoms with Crippen LogP contribution in [0.25, 0.3) is 5.65 Å². The van der Waals surface area contributed by atoms with Gasteiger partial charge in [0, 0.05) is 19.9 Å². The average Bonchev–Trinajstić information content (AvgIpc) is 2.68. The molecule has 0 aromatic carbocycles. The van der Waals surface area contributed by atoms with Crippen LogP contribution in [0.4, 0.5) is 5.95 Å². The summed E-state index contributed by atoms with van der Waals surface area (Å²) in [4.78, 5) is 4.30. The molecule has 0 aliphatic carbocycles. The van der Waals surface area contributed by atoms with Crippen LogP contribution in [0.3, 0.4) is 0 Å². The lowest BCUT2D eigenvalue weighted by atomic mass is 10.4. The van der Waals surface area contributed by atoms with Crippen LogP contribution in [0.1, 0.15) is 6.92 Å². The maximum atomic E-state index is 5.12. The van der Waals surface area contributed by atoms with Crippen molar-refractivity contribution in [2.24, 2.45) is 0 Å². The number of hydrogen-bond acceptors (Lipinski definition) is 4. The van der Waals surface area contributed by atoms with Gasteiger partial charge in [-0.3, -0.25) is 0 Å². The fourth-order valence-corrected chi connectivity index (χ4v) is 1.22.